The molecule has 22 heterocycles. The topological polar surface area (TPSA) is 672 Å². The van der Waals surface area contributed by atoms with E-state index in [1.807, 2.05) is 18.2 Å². The number of carboxylic acids is 2. The molecule has 14 bridgehead atoms. The van der Waals surface area contributed by atoms with Crippen molar-refractivity contribution in [3.63, 3.8) is 0 Å². The number of ketones is 2. The first-order chi connectivity index (χ1) is 54.0. The van der Waals surface area contributed by atoms with Gasteiger partial charge in [-0.1, -0.05) is 16.9 Å². The normalized spacial score (nSPS) is 41.1. The summed E-state index contributed by atoms with van der Waals surface area (Å²) in [6.07, 6.45) is -66.6. The summed E-state index contributed by atoms with van der Waals surface area (Å²) in [4.78, 5) is 52.9. The lowest BCUT2D eigenvalue weighted by Gasteiger charge is -2.50. The van der Waals surface area contributed by atoms with Gasteiger partial charge in [0.1, 0.15) is 169 Å². The van der Waals surface area contributed by atoms with Crippen LogP contribution in [0.15, 0.2) is 29.4 Å². The van der Waals surface area contributed by atoms with Crippen molar-refractivity contribution in [3.05, 3.63) is 24.4 Å². The van der Waals surface area contributed by atoms with Gasteiger partial charge >= 0.3 is 11.9 Å². The van der Waals surface area contributed by atoms with Crippen molar-refractivity contribution in [3.8, 4) is 0 Å². The Kier molecular flexibility index (Phi) is 39.9. The minimum atomic E-state index is -2.30. The van der Waals surface area contributed by atoms with Crippen LogP contribution in [0.3, 0.4) is 0 Å². The van der Waals surface area contributed by atoms with Crippen LogP contribution in [0.5, 0.6) is 0 Å². The zero-order chi connectivity index (χ0) is 82.5. The lowest BCUT2D eigenvalue weighted by atomic mass is 9.95. The van der Waals surface area contributed by atoms with Gasteiger partial charge in [-0.05, 0) is 36.9 Å². The smallest absolute Gasteiger partial charge is 0.321 e. The SMILES string of the molecule is CN[C@H](CSCC1O[C@H]2O[C@H]3CC(O)[C@H](OC3CO)O[C@@H]3C(CO)O[C@H](O[C@@H]4C(CO)O[C@H](O[C@@H]5C(CSC[C@@H](CC(=O)CCOCCOCCC(C)=O)C(=O)O)O[C@H](O[C@@H]6C(CO)O[C@@H](O[C@@H]7C(CO)O[C@@H](O[C@H]1[C@H](O)C2O)C(O)[C@H]7O)C(O)[C@H]6O)C(O)[C@H]5O)C(O)[C@H]4O)C(O)[C@H]3O)C(=O)O.NCCSSc1ccccn1. The molecule has 113 heavy (non-hydrogen) atoms. The molecule has 21 aliphatic heterocycles. The first-order valence-electron chi connectivity index (χ1n) is 36.4. The quantitative estimate of drug-likeness (QED) is 0.0242. The van der Waals surface area contributed by atoms with E-state index in [0.29, 0.717) is 0 Å². The Morgan fingerprint density at radius 1 is 0.478 bits per heavy atom. The van der Waals surface area contributed by atoms with E-state index in [2.05, 4.69) is 10.3 Å². The number of carbonyl (C=O) groups excluding carboxylic acids is 2. The van der Waals surface area contributed by atoms with Crippen molar-refractivity contribution in [2.45, 2.75) is 253 Å². The van der Waals surface area contributed by atoms with Crippen molar-refractivity contribution in [2.75, 3.05) is 102 Å². The number of Topliss-reactive ketones (excluding diaryl/α,β-unsaturated/α-hetero) is 2. The summed E-state index contributed by atoms with van der Waals surface area (Å²) in [5.41, 5.74) is 5.34. The molecule has 47 heteroatoms. The number of carboxylic acid groups (broad SMARTS) is 2. The number of likely N-dealkylation sites (N-methyl/N-ethyl adjacent to an activating group) is 1. The van der Waals surface area contributed by atoms with E-state index in [9.17, 15) is 121 Å². The fourth-order valence-corrected chi connectivity index (χ4v) is 17.2. The maximum atomic E-state index is 13.0. The van der Waals surface area contributed by atoms with Crippen LogP contribution in [0.1, 0.15) is 32.6 Å². The van der Waals surface area contributed by atoms with Crippen molar-refractivity contribution < 1.29 is 197 Å². The minimum absolute atomic E-state index is 0.0705. The Hall–Kier alpha value is -2.61. The second-order valence-corrected chi connectivity index (χ2v) is 32.1. The summed E-state index contributed by atoms with van der Waals surface area (Å²) in [7, 11) is 4.78. The number of aromatic nitrogens is 1. The van der Waals surface area contributed by atoms with Crippen LogP contribution in [-0.2, 0) is 95.0 Å². The number of ether oxygens (including phenoxy) is 16. The van der Waals surface area contributed by atoms with Crippen LogP contribution in [-0.4, -0.2) is 447 Å². The van der Waals surface area contributed by atoms with E-state index < -0.39 is 290 Å². The molecule has 1 aromatic heterocycles. The molecule has 0 aliphatic carbocycles. The Bertz CT molecular complexity index is 2980. The number of thioether (sulfide) groups is 2. The molecule has 650 valence electrons. The van der Waals surface area contributed by atoms with Gasteiger partial charge in [0.2, 0.25) is 0 Å². The van der Waals surface area contributed by atoms with E-state index in [-0.39, 0.29) is 62.3 Å². The van der Waals surface area contributed by atoms with Gasteiger partial charge in [-0.2, -0.15) is 23.5 Å². The van der Waals surface area contributed by atoms with Crippen molar-refractivity contribution in [1.29, 1.82) is 0 Å². The number of pyridine rings is 1. The molecule has 23 N–H and O–H groups in total. The van der Waals surface area contributed by atoms with Crippen LogP contribution in [0.2, 0.25) is 0 Å². The molecule has 0 aromatic carbocycles. The van der Waals surface area contributed by atoms with Crippen LogP contribution in [0.4, 0.5) is 0 Å². The summed E-state index contributed by atoms with van der Waals surface area (Å²) < 4.78 is 93.8. The average molecular weight is 1710 g/mol. The number of aliphatic carboxylic acids is 2. The monoisotopic (exact) mass is 1710 g/mol. The molecule has 14 unspecified atom stereocenters. The van der Waals surface area contributed by atoms with Crippen LogP contribution in [0, 0.1) is 5.92 Å². The van der Waals surface area contributed by atoms with E-state index >= 15 is 0 Å². The molecule has 36 atom stereocenters. The highest BCUT2D eigenvalue weighted by atomic mass is 33.1. The predicted molar refractivity (Wildman–Crippen MR) is 382 cm³/mol. The standard InChI is InChI=1S/C59H97NO40S2.C7H10N2S2/c1-20(66)3-5-85-7-8-86-6-4-22(67)9-21(51(81)82)16-101-18-31-49-38(74)44(80)59(94-31)98-48-30(15-65)90-56(41(77)34(48)70)97-47-29(14-64)92-58(43(79)36(47)72)100-50-32(19-102-17-23(60-2)52(83)84)93-54(39(75)37(50)73)87-25-10-24(68)53(88-26(25)11-61)95-45-27(12-62)89-55(40(76)33(45)69)96-46-28(13-63)91-57(99-49)42(78)35(46)71;8-4-6-10-11-7-3-1-2-5-9-7/h21,23-50,53-65,68-80H,3-19H2,1-2H3,(H,81,82)(H,83,84);1-3,5H,4,6,8H2/t21-,23-,24?,25+,26?,27?,28?,29?,30?,31?,32?,33-,34-,35-,36-,37-,38-,39?,40?,41?,42?,43?,44?,45-,46-,47-,48-,49-,50-,53-,54-,55-,56+,57-,58+,59-;/m1./s1. The zero-order valence-corrected chi connectivity index (χ0v) is 64.6. The number of nitrogens with zero attached hydrogens (tertiary/aromatic N) is 1. The molecule has 0 saturated carbocycles. The summed E-state index contributed by atoms with van der Waals surface area (Å²) in [6, 6.07) is 4.75. The highest BCUT2D eigenvalue weighted by molar-refractivity contribution is 8.76. The third kappa shape index (κ3) is 25.7. The molecule has 0 amide bonds. The number of nitrogens with one attached hydrogen (secondary N) is 1. The molecule has 0 spiro atoms. The van der Waals surface area contributed by atoms with Gasteiger partial charge in [0.05, 0.1) is 83.7 Å². The lowest BCUT2D eigenvalue weighted by Crippen LogP contribution is -2.68. The van der Waals surface area contributed by atoms with E-state index in [4.69, 9.17) is 81.5 Å². The molecule has 21 fully saturated rings. The molecule has 0 radical (unpaired) electrons. The number of hydrogen-bond acceptors (Lipinski definition) is 45. The van der Waals surface area contributed by atoms with E-state index in [1.54, 1.807) is 27.8 Å². The fraction of sp³-hybridized carbons (Fsp3) is 0.864. The third-order valence-electron chi connectivity index (χ3n) is 19.4. The van der Waals surface area contributed by atoms with Gasteiger partial charge in [-0.3, -0.25) is 19.2 Å². The molecular formula is C66H107N3O40S4. The number of hydrogen-bond donors (Lipinski definition) is 22. The van der Waals surface area contributed by atoms with Crippen LogP contribution >= 0.6 is 45.1 Å². The predicted octanol–water partition coefficient (Wildman–Crippen LogP) is -10.2. The molecule has 21 saturated heterocycles. The van der Waals surface area contributed by atoms with Gasteiger partial charge in [-0.15, -0.1) is 0 Å². The zero-order valence-electron chi connectivity index (χ0n) is 61.3. The van der Waals surface area contributed by atoms with Gasteiger partial charge in [0.15, 0.2) is 44.0 Å². The lowest BCUT2D eigenvalue weighted by molar-refractivity contribution is -0.394. The Labute approximate surface area is 663 Å². The number of aliphatic hydroxyl groups is 18. The van der Waals surface area contributed by atoms with Gasteiger partial charge < -0.3 is 189 Å². The third-order valence-corrected chi connectivity index (χ3v) is 24.1. The number of rotatable bonds is 31. The largest absolute Gasteiger partial charge is 0.481 e. The maximum Gasteiger partial charge on any atom is 0.321 e. The summed E-state index contributed by atoms with van der Waals surface area (Å²) in [6.45, 7) is -2.85. The van der Waals surface area contributed by atoms with Crippen molar-refractivity contribution >= 4 is 68.6 Å². The van der Waals surface area contributed by atoms with Gasteiger partial charge in [0.25, 0.3) is 0 Å². The van der Waals surface area contributed by atoms with Crippen LogP contribution in [0.25, 0.3) is 0 Å². The van der Waals surface area contributed by atoms with Gasteiger partial charge in [0, 0.05) is 67.2 Å². The van der Waals surface area contributed by atoms with E-state index in [1.165, 1.54) is 14.0 Å². The summed E-state index contributed by atoms with van der Waals surface area (Å²) in [5, 5.41) is 229. The first kappa shape index (κ1) is 95.9. The summed E-state index contributed by atoms with van der Waals surface area (Å²) >= 11 is 1.72. The Morgan fingerprint density at radius 3 is 1.21 bits per heavy atom. The highest BCUT2D eigenvalue weighted by Crippen LogP contribution is 2.40. The number of nitrogens with two attached hydrogens (primary N) is 1. The molecule has 43 nitrogen and oxygen atoms in total. The fourth-order valence-electron chi connectivity index (χ4n) is 13.1. The number of aliphatic hydroxyl groups excluding tert-OH is 18. The van der Waals surface area contributed by atoms with E-state index in [0.717, 1.165) is 40.8 Å². The average Bonchev–Trinajstić information content (AvgIpc) is 0.835. The van der Waals surface area contributed by atoms with Crippen molar-refractivity contribution in [1.82, 2.24) is 10.3 Å². The van der Waals surface area contributed by atoms with Gasteiger partial charge in [-0.25, -0.2) is 4.98 Å². The molecule has 22 rings (SSSR count). The number of carbonyl (C=O) groups is 4. The second kappa shape index (κ2) is 47.0. The van der Waals surface area contributed by atoms with Crippen molar-refractivity contribution in [2.24, 2.45) is 11.7 Å². The Morgan fingerprint density at radius 2 is 0.850 bits per heavy atom. The van der Waals surface area contributed by atoms with Crippen LogP contribution < -0.4 is 11.1 Å². The molecular weight excluding hydrogens is 1600 g/mol. The molecule has 21 aliphatic rings. The first-order valence-corrected chi connectivity index (χ1v) is 41.1. The maximum absolute atomic E-state index is 13.0. The summed E-state index contributed by atoms with van der Waals surface area (Å²) in [5.74, 6) is -4.92. The molecule has 1 aromatic rings. The minimum Gasteiger partial charge on any atom is -0.481 e. The Balaban J connectivity index is 0.00000134. The second-order valence-electron chi connectivity index (χ2n) is 27.5. The highest BCUT2D eigenvalue weighted by Gasteiger charge is 2.59.